The van der Waals surface area contributed by atoms with Gasteiger partial charge in [0.05, 0.1) is 6.20 Å². The van der Waals surface area contributed by atoms with Crippen LogP contribution < -0.4 is 11.1 Å². The van der Waals surface area contributed by atoms with Crippen molar-refractivity contribution in [1.82, 2.24) is 9.97 Å². The van der Waals surface area contributed by atoms with Crippen LogP contribution in [0.15, 0.2) is 6.20 Å². The predicted molar refractivity (Wildman–Crippen MR) is 58.4 cm³/mol. The average Bonchev–Trinajstić information content (AvgIpc) is 2.76. The van der Waals surface area contributed by atoms with E-state index in [-0.39, 0.29) is 11.8 Å². The fourth-order valence-corrected chi connectivity index (χ4v) is 1.71. The van der Waals surface area contributed by atoms with Crippen LogP contribution in [0.3, 0.4) is 0 Å². The van der Waals surface area contributed by atoms with Gasteiger partial charge in [-0.1, -0.05) is 0 Å². The Labute approximate surface area is 93.2 Å². The minimum absolute atomic E-state index is 0.0769. The Kier molecular flexibility index (Phi) is 3.51. The molecule has 1 saturated heterocycles. The number of aromatic nitrogens is 2. The van der Waals surface area contributed by atoms with E-state index >= 15 is 0 Å². The van der Waals surface area contributed by atoms with Crippen molar-refractivity contribution < 1.29 is 9.13 Å². The molecule has 3 N–H and O–H groups in total. The van der Waals surface area contributed by atoms with Gasteiger partial charge in [0.15, 0.2) is 11.6 Å². The zero-order valence-electron chi connectivity index (χ0n) is 8.95. The monoisotopic (exact) mass is 226 g/mol. The van der Waals surface area contributed by atoms with Crippen molar-refractivity contribution in [2.75, 3.05) is 30.8 Å². The minimum Gasteiger partial charge on any atom is -0.381 e. The molecule has 1 aliphatic heterocycles. The Morgan fingerprint density at radius 3 is 3.25 bits per heavy atom. The first-order valence-corrected chi connectivity index (χ1v) is 5.35. The molecule has 1 aromatic heterocycles. The summed E-state index contributed by atoms with van der Waals surface area (Å²) in [5, 5.41) is 2.92. The van der Waals surface area contributed by atoms with Crippen LogP contribution in [0, 0.1) is 11.7 Å². The lowest BCUT2D eigenvalue weighted by Crippen LogP contribution is -2.12. The summed E-state index contributed by atoms with van der Waals surface area (Å²) in [5.74, 6) is 0.339. The molecule has 0 amide bonds. The Bertz CT molecular complexity index is 355. The molecule has 2 rings (SSSR count). The quantitative estimate of drug-likeness (QED) is 0.802. The number of ether oxygens (including phenoxy) is 1. The van der Waals surface area contributed by atoms with Crippen LogP contribution in [-0.4, -0.2) is 29.7 Å². The molecule has 0 spiro atoms. The Morgan fingerprint density at radius 2 is 2.50 bits per heavy atom. The van der Waals surface area contributed by atoms with Crippen molar-refractivity contribution in [2.24, 2.45) is 5.92 Å². The fraction of sp³-hybridized carbons (Fsp3) is 0.600. The first-order chi connectivity index (χ1) is 7.75. The van der Waals surface area contributed by atoms with Gasteiger partial charge in [0.2, 0.25) is 5.95 Å². The number of nitrogens with two attached hydrogens (primary N) is 1. The molecule has 0 saturated carbocycles. The van der Waals surface area contributed by atoms with E-state index in [2.05, 4.69) is 15.3 Å². The summed E-state index contributed by atoms with van der Waals surface area (Å²) in [6, 6.07) is 0. The van der Waals surface area contributed by atoms with Crippen LogP contribution in [-0.2, 0) is 4.74 Å². The average molecular weight is 226 g/mol. The zero-order chi connectivity index (χ0) is 11.4. The molecule has 1 unspecified atom stereocenters. The van der Waals surface area contributed by atoms with Crippen molar-refractivity contribution in [3.63, 3.8) is 0 Å². The highest BCUT2D eigenvalue weighted by Gasteiger charge is 2.15. The van der Waals surface area contributed by atoms with Gasteiger partial charge < -0.3 is 15.8 Å². The second-order valence-electron chi connectivity index (χ2n) is 3.87. The van der Waals surface area contributed by atoms with Crippen LogP contribution in [0.25, 0.3) is 0 Å². The van der Waals surface area contributed by atoms with Gasteiger partial charge in [-0.2, -0.15) is 4.98 Å². The van der Waals surface area contributed by atoms with E-state index in [4.69, 9.17) is 10.5 Å². The number of halogens is 1. The smallest absolute Gasteiger partial charge is 0.222 e. The highest BCUT2D eigenvalue weighted by molar-refractivity contribution is 5.38. The van der Waals surface area contributed by atoms with Crippen LogP contribution in [0.2, 0.25) is 0 Å². The number of nitrogen functional groups attached to an aromatic ring is 1. The molecule has 1 aliphatic rings. The topological polar surface area (TPSA) is 73.1 Å². The summed E-state index contributed by atoms with van der Waals surface area (Å²) in [4.78, 5) is 7.34. The number of rotatable bonds is 4. The normalized spacial score (nSPS) is 19.9. The lowest BCUT2D eigenvalue weighted by atomic mass is 10.1. The highest BCUT2D eigenvalue weighted by Crippen LogP contribution is 2.17. The first-order valence-electron chi connectivity index (χ1n) is 5.35. The summed E-state index contributed by atoms with van der Waals surface area (Å²) in [5.41, 5.74) is 5.37. The molecule has 0 aliphatic carbocycles. The van der Waals surface area contributed by atoms with Crippen molar-refractivity contribution in [3.8, 4) is 0 Å². The molecule has 1 fully saturated rings. The van der Waals surface area contributed by atoms with Gasteiger partial charge in [-0.15, -0.1) is 0 Å². The van der Waals surface area contributed by atoms with Gasteiger partial charge in [0.1, 0.15) is 0 Å². The number of hydrogen-bond donors (Lipinski definition) is 2. The Morgan fingerprint density at radius 1 is 1.62 bits per heavy atom. The van der Waals surface area contributed by atoms with Gasteiger partial charge in [-0.25, -0.2) is 9.37 Å². The van der Waals surface area contributed by atoms with Crippen molar-refractivity contribution >= 4 is 11.8 Å². The standard InChI is InChI=1S/C10H15FN4O/c11-8-5-14-10(12)15-9(8)13-3-1-7-2-4-16-6-7/h5,7H,1-4,6H2,(H3,12,13,14,15). The van der Waals surface area contributed by atoms with E-state index in [1.807, 2.05) is 0 Å². The third-order valence-electron chi connectivity index (χ3n) is 2.63. The second-order valence-corrected chi connectivity index (χ2v) is 3.87. The highest BCUT2D eigenvalue weighted by atomic mass is 19.1. The second kappa shape index (κ2) is 5.07. The summed E-state index contributed by atoms with van der Waals surface area (Å²) >= 11 is 0. The summed E-state index contributed by atoms with van der Waals surface area (Å²) < 4.78 is 18.5. The van der Waals surface area contributed by atoms with Gasteiger partial charge >= 0.3 is 0 Å². The fourth-order valence-electron chi connectivity index (χ4n) is 1.71. The van der Waals surface area contributed by atoms with Gasteiger partial charge in [0, 0.05) is 19.8 Å². The van der Waals surface area contributed by atoms with Crippen molar-refractivity contribution in [1.29, 1.82) is 0 Å². The Hall–Kier alpha value is -1.43. The molecule has 6 heteroatoms. The zero-order valence-corrected chi connectivity index (χ0v) is 8.95. The van der Waals surface area contributed by atoms with E-state index in [9.17, 15) is 4.39 Å². The number of nitrogens with one attached hydrogen (secondary N) is 1. The van der Waals surface area contributed by atoms with Crippen LogP contribution in [0.5, 0.6) is 0 Å². The molecule has 0 radical (unpaired) electrons. The molecule has 16 heavy (non-hydrogen) atoms. The molecular formula is C10H15FN4O. The molecule has 1 aromatic rings. The maximum atomic E-state index is 13.2. The molecule has 2 heterocycles. The molecule has 5 nitrogen and oxygen atoms in total. The minimum atomic E-state index is -0.475. The number of anilines is 2. The van der Waals surface area contributed by atoms with E-state index in [0.717, 1.165) is 32.3 Å². The van der Waals surface area contributed by atoms with Crippen molar-refractivity contribution in [2.45, 2.75) is 12.8 Å². The van der Waals surface area contributed by atoms with E-state index in [1.165, 1.54) is 0 Å². The third-order valence-corrected chi connectivity index (χ3v) is 2.63. The Balaban J connectivity index is 1.82. The molecule has 88 valence electrons. The van der Waals surface area contributed by atoms with Crippen molar-refractivity contribution in [3.05, 3.63) is 12.0 Å². The first kappa shape index (κ1) is 11.1. The molecule has 0 aromatic carbocycles. The van der Waals surface area contributed by atoms with Crippen LogP contribution in [0.4, 0.5) is 16.2 Å². The molecule has 1 atom stereocenters. The third kappa shape index (κ3) is 2.79. The van der Waals surface area contributed by atoms with Gasteiger partial charge in [-0.05, 0) is 18.8 Å². The SMILES string of the molecule is Nc1ncc(F)c(NCCC2CCOC2)n1. The molecule has 0 bridgehead atoms. The van der Waals surface area contributed by atoms with Gasteiger partial charge in [-0.3, -0.25) is 0 Å². The number of hydrogen-bond acceptors (Lipinski definition) is 5. The maximum absolute atomic E-state index is 13.2. The number of nitrogens with zero attached hydrogens (tertiary/aromatic N) is 2. The maximum Gasteiger partial charge on any atom is 0.222 e. The van der Waals surface area contributed by atoms with E-state index in [0.29, 0.717) is 12.5 Å². The van der Waals surface area contributed by atoms with E-state index < -0.39 is 5.82 Å². The van der Waals surface area contributed by atoms with Crippen LogP contribution in [0.1, 0.15) is 12.8 Å². The van der Waals surface area contributed by atoms with Gasteiger partial charge in [0.25, 0.3) is 0 Å². The van der Waals surface area contributed by atoms with E-state index in [1.54, 1.807) is 0 Å². The summed E-state index contributed by atoms with van der Waals surface area (Å²) in [7, 11) is 0. The van der Waals surface area contributed by atoms with Crippen LogP contribution >= 0.6 is 0 Å². The summed E-state index contributed by atoms with van der Waals surface area (Å²) in [6.07, 6.45) is 3.10. The predicted octanol–water partition coefficient (Wildman–Crippen LogP) is 1.04. The lowest BCUT2D eigenvalue weighted by molar-refractivity contribution is 0.185. The lowest BCUT2D eigenvalue weighted by Gasteiger charge is -2.09. The largest absolute Gasteiger partial charge is 0.381 e. The summed E-state index contributed by atoms with van der Waals surface area (Å²) in [6.45, 7) is 2.30. The molecular weight excluding hydrogens is 211 g/mol.